The highest BCUT2D eigenvalue weighted by atomic mass is 31.2. The minimum absolute atomic E-state index is 0.0726. The van der Waals surface area contributed by atoms with Gasteiger partial charge in [-0.05, 0) is 47.7 Å². The molecule has 1 N–H and O–H groups in total. The molecular formula is C34H28F3N5O3P+. The molecule has 4 aliphatic rings. The normalized spacial score (nSPS) is 20.4. The van der Waals surface area contributed by atoms with Crippen LogP contribution >= 0.6 is 7.14 Å². The summed E-state index contributed by atoms with van der Waals surface area (Å²) in [6, 6.07) is 14.1. The van der Waals surface area contributed by atoms with E-state index in [1.807, 2.05) is 6.07 Å². The number of halogens is 3. The van der Waals surface area contributed by atoms with Gasteiger partial charge in [0.2, 0.25) is 5.71 Å². The summed E-state index contributed by atoms with van der Waals surface area (Å²) in [5, 5.41) is 14.4. The minimum atomic E-state index is -3.73. The van der Waals surface area contributed by atoms with Crippen molar-refractivity contribution in [1.29, 1.82) is 0 Å². The highest BCUT2D eigenvalue weighted by molar-refractivity contribution is 7.83. The second-order valence-corrected chi connectivity index (χ2v) is 14.3. The maximum absolute atomic E-state index is 16.4. The summed E-state index contributed by atoms with van der Waals surface area (Å²) in [6.45, 7) is 3.16. The number of carboxylic acid groups (broad SMARTS) is 1. The first kappa shape index (κ1) is 29.8. The van der Waals surface area contributed by atoms with E-state index in [0.29, 0.717) is 15.9 Å². The Morgan fingerprint density at radius 2 is 1.67 bits per heavy atom. The molecule has 12 heteroatoms. The Labute approximate surface area is 262 Å². The van der Waals surface area contributed by atoms with Gasteiger partial charge in [-0.3, -0.25) is 0 Å². The molecule has 0 radical (unpaired) electrons. The molecule has 3 aromatic rings. The molecule has 0 spiro atoms. The number of benzene rings is 3. The average Bonchev–Trinajstić information content (AvgIpc) is 3.81. The van der Waals surface area contributed by atoms with Crippen molar-refractivity contribution in [2.24, 2.45) is 5.11 Å². The molecule has 2 saturated heterocycles. The van der Waals surface area contributed by atoms with E-state index in [4.69, 9.17) is 5.53 Å². The van der Waals surface area contributed by atoms with Crippen LogP contribution in [-0.2, 0) is 4.57 Å². The van der Waals surface area contributed by atoms with Crippen molar-refractivity contribution in [3.8, 4) is 0 Å². The van der Waals surface area contributed by atoms with Gasteiger partial charge in [0.1, 0.15) is 30.2 Å². The van der Waals surface area contributed by atoms with Crippen molar-refractivity contribution in [2.75, 3.05) is 31.1 Å². The van der Waals surface area contributed by atoms with E-state index in [2.05, 4.69) is 19.5 Å². The van der Waals surface area contributed by atoms with E-state index in [-0.39, 0.29) is 16.7 Å². The number of allylic oxidation sites excluding steroid dienone is 5. The van der Waals surface area contributed by atoms with Crippen LogP contribution in [-0.4, -0.2) is 47.5 Å². The van der Waals surface area contributed by atoms with Crippen molar-refractivity contribution in [3.05, 3.63) is 122 Å². The zero-order chi connectivity index (χ0) is 32.2. The largest absolute Gasteiger partial charge is 0.478 e. The quantitative estimate of drug-likeness (QED) is 0.0795. The van der Waals surface area contributed by atoms with Crippen LogP contribution in [0.5, 0.6) is 0 Å². The van der Waals surface area contributed by atoms with Crippen LogP contribution in [0, 0.1) is 17.5 Å². The van der Waals surface area contributed by atoms with Crippen LogP contribution in [0.1, 0.15) is 47.2 Å². The van der Waals surface area contributed by atoms with Crippen molar-refractivity contribution in [1.82, 2.24) is 0 Å². The van der Waals surface area contributed by atoms with Crippen LogP contribution < -0.4 is 15.5 Å². The third-order valence-electron chi connectivity index (χ3n) is 9.15. The second kappa shape index (κ2) is 11.5. The summed E-state index contributed by atoms with van der Waals surface area (Å²) in [7, 11) is -3.73. The molecule has 1 unspecified atom stereocenters. The predicted molar refractivity (Wildman–Crippen MR) is 171 cm³/mol. The highest BCUT2D eigenvalue weighted by Gasteiger charge is 2.45. The third kappa shape index (κ3) is 4.53. The Kier molecular flexibility index (Phi) is 7.46. The van der Waals surface area contributed by atoms with E-state index in [1.54, 1.807) is 60.7 Å². The summed E-state index contributed by atoms with van der Waals surface area (Å²) in [4.78, 5) is 17.1. The van der Waals surface area contributed by atoms with Gasteiger partial charge in [0.05, 0.1) is 0 Å². The standard InChI is InChI=1S/C34H27F3N5O3P/c35-30-29(34(43)44)28(31(36)33(32(30)37)39-40-38)27-23-12-10-20(41-14-4-5-15-41)18-25(23)46(45,22-8-2-1-3-9-22)26-19-21(11-13-24(26)27)42-16-6-7-17-42/h1-3,8-13,18-19H,4-7,14-17H2/p+1. The lowest BCUT2D eigenvalue weighted by atomic mass is 9.86. The summed E-state index contributed by atoms with van der Waals surface area (Å²) < 4.78 is 65.0. The maximum atomic E-state index is 16.4. The van der Waals surface area contributed by atoms with Crippen LogP contribution in [0.4, 0.5) is 24.5 Å². The fraction of sp³-hybridized carbons (Fsp3) is 0.235. The molecule has 46 heavy (non-hydrogen) atoms. The molecule has 0 amide bonds. The Hall–Kier alpha value is -4.85. The average molecular weight is 643 g/mol. The van der Waals surface area contributed by atoms with Crippen LogP contribution in [0.2, 0.25) is 0 Å². The first-order valence-corrected chi connectivity index (χ1v) is 16.8. The van der Waals surface area contributed by atoms with Gasteiger partial charge in [0.25, 0.3) is 0 Å². The zero-order valence-electron chi connectivity index (χ0n) is 24.6. The summed E-state index contributed by atoms with van der Waals surface area (Å²) in [6.07, 6.45) is 9.16. The molecule has 0 aromatic heterocycles. The predicted octanol–water partition coefficient (Wildman–Crippen LogP) is 7.17. The van der Waals surface area contributed by atoms with Gasteiger partial charge in [0.15, 0.2) is 18.8 Å². The lowest BCUT2D eigenvalue weighted by Gasteiger charge is -2.35. The molecule has 232 valence electrons. The number of anilines is 1. The lowest BCUT2D eigenvalue weighted by molar-refractivity contribution is -0.504. The Morgan fingerprint density at radius 3 is 2.35 bits per heavy atom. The lowest BCUT2D eigenvalue weighted by Crippen LogP contribution is -2.30. The monoisotopic (exact) mass is 642 g/mol. The number of nitrogens with zero attached hydrogens (tertiary/aromatic N) is 5. The number of hydrogen-bond acceptors (Lipinski definition) is 4. The Balaban J connectivity index is 1.65. The highest BCUT2D eigenvalue weighted by Crippen LogP contribution is 2.62. The smallest absolute Gasteiger partial charge is 0.339 e. The first-order chi connectivity index (χ1) is 22.3. The molecule has 1 aliphatic carbocycles. The van der Waals surface area contributed by atoms with Gasteiger partial charge in [-0.15, -0.1) is 0 Å². The number of aromatic carboxylic acids is 1. The van der Waals surface area contributed by atoms with Gasteiger partial charge >= 0.3 is 5.97 Å². The van der Waals surface area contributed by atoms with Gasteiger partial charge in [-0.25, -0.2) is 22.5 Å². The van der Waals surface area contributed by atoms with E-state index in [0.717, 1.165) is 63.3 Å². The van der Waals surface area contributed by atoms with Crippen molar-refractivity contribution in [2.45, 2.75) is 25.7 Å². The molecular weight excluding hydrogens is 614 g/mol. The fourth-order valence-corrected chi connectivity index (χ4v) is 10.1. The van der Waals surface area contributed by atoms with E-state index >= 15 is 13.3 Å². The van der Waals surface area contributed by atoms with Gasteiger partial charge in [-0.2, -0.15) is 0 Å². The van der Waals surface area contributed by atoms with Crippen molar-refractivity contribution < 1.29 is 32.2 Å². The SMILES string of the molecule is [N-]=[N+]=Nc1c(F)c(F)c(C(=O)O)c(C2=C3C=CC(=[N+]4CCCC4)C=C3P(=O)(c3ccccc3)c3cc(N4CCCC4)ccc32)c1F. The number of fused-ring (bicyclic) bond motifs is 2. The maximum Gasteiger partial charge on any atom is 0.339 e. The van der Waals surface area contributed by atoms with Crippen molar-refractivity contribution >= 4 is 46.4 Å². The number of azide groups is 1. The van der Waals surface area contributed by atoms with Gasteiger partial charge in [0, 0.05) is 75.7 Å². The van der Waals surface area contributed by atoms with Crippen LogP contribution in [0.3, 0.4) is 0 Å². The molecule has 2 fully saturated rings. The summed E-state index contributed by atoms with van der Waals surface area (Å²) in [5.74, 6) is -7.20. The fourth-order valence-electron chi connectivity index (χ4n) is 7.00. The molecule has 7 rings (SSSR count). The van der Waals surface area contributed by atoms with Gasteiger partial charge < -0.3 is 14.6 Å². The number of rotatable bonds is 5. The summed E-state index contributed by atoms with van der Waals surface area (Å²) in [5.41, 5.74) is 7.70. The Bertz CT molecular complexity index is 2050. The molecule has 3 heterocycles. The second-order valence-electron chi connectivity index (χ2n) is 11.6. The van der Waals surface area contributed by atoms with Crippen molar-refractivity contribution in [3.63, 3.8) is 0 Å². The summed E-state index contributed by atoms with van der Waals surface area (Å²) >= 11 is 0. The molecule has 1 atom stereocenters. The van der Waals surface area contributed by atoms with E-state index in [9.17, 15) is 14.3 Å². The van der Waals surface area contributed by atoms with E-state index < -0.39 is 47.4 Å². The number of carbonyl (C=O) groups is 1. The van der Waals surface area contributed by atoms with E-state index in [1.165, 1.54) is 0 Å². The molecule has 0 saturated carbocycles. The first-order valence-electron chi connectivity index (χ1n) is 15.1. The molecule has 3 aromatic carbocycles. The number of hydrogen-bond donors (Lipinski definition) is 1. The minimum Gasteiger partial charge on any atom is -0.478 e. The topological polar surface area (TPSA) is 109 Å². The molecule has 0 bridgehead atoms. The third-order valence-corrected chi connectivity index (χ3v) is 12.3. The van der Waals surface area contributed by atoms with Crippen LogP contribution in [0.25, 0.3) is 16.0 Å². The Morgan fingerprint density at radius 1 is 0.957 bits per heavy atom. The zero-order valence-corrected chi connectivity index (χ0v) is 25.5. The molecule has 8 nitrogen and oxygen atoms in total. The van der Waals surface area contributed by atoms with Gasteiger partial charge in [-0.1, -0.05) is 41.5 Å². The number of carboxylic acids is 1. The van der Waals surface area contributed by atoms with Crippen LogP contribution in [0.15, 0.2) is 82.8 Å². The molecule has 3 aliphatic heterocycles.